The summed E-state index contributed by atoms with van der Waals surface area (Å²) in [5, 5.41) is 4.01. The van der Waals surface area contributed by atoms with Crippen LogP contribution in [0.2, 0.25) is 5.02 Å². The molecule has 2 atom stereocenters. The molecule has 1 N–H and O–H groups in total. The van der Waals surface area contributed by atoms with E-state index in [0.717, 1.165) is 35.9 Å². The first-order valence-electron chi connectivity index (χ1n) is 10.8. The average Bonchev–Trinajstić information content (AvgIpc) is 3.10. The number of aliphatic imine (C=N–C) groups is 1. The van der Waals surface area contributed by atoms with E-state index in [2.05, 4.69) is 17.1 Å². The SMILES string of the molecule is CCCCCCCCCN1C(SCc2ccc(Cl)cc2)=NC2C1C(=O)NC(=O)N2C. The fourth-order valence-electron chi connectivity index (χ4n) is 3.82. The Balaban J connectivity index is 1.63. The summed E-state index contributed by atoms with van der Waals surface area (Å²) in [5.41, 5.74) is 1.15. The van der Waals surface area contributed by atoms with Crippen LogP contribution in [-0.4, -0.2) is 52.7 Å². The number of halogens is 1. The van der Waals surface area contributed by atoms with E-state index in [-0.39, 0.29) is 11.9 Å². The predicted molar refractivity (Wildman–Crippen MR) is 124 cm³/mol. The van der Waals surface area contributed by atoms with Crippen molar-refractivity contribution < 1.29 is 9.59 Å². The summed E-state index contributed by atoms with van der Waals surface area (Å²) in [6, 6.07) is 6.93. The number of imide groups is 1. The molecule has 30 heavy (non-hydrogen) atoms. The first-order valence-corrected chi connectivity index (χ1v) is 12.2. The standard InChI is InChI=1S/C22H31ClN4O2S/c1-3-4-5-6-7-8-9-14-27-18-19(26(2)21(29)25-20(18)28)24-22(27)30-15-16-10-12-17(23)13-11-16/h10-13,18-19H,3-9,14-15H2,1-2H3,(H,25,28,29). The van der Waals surface area contributed by atoms with E-state index in [4.69, 9.17) is 16.6 Å². The van der Waals surface area contributed by atoms with Gasteiger partial charge in [0.05, 0.1) is 0 Å². The third-order valence-electron chi connectivity index (χ3n) is 5.61. The van der Waals surface area contributed by atoms with Gasteiger partial charge in [-0.3, -0.25) is 10.1 Å². The molecule has 0 radical (unpaired) electrons. The lowest BCUT2D eigenvalue weighted by atomic mass is 10.1. The lowest BCUT2D eigenvalue weighted by molar-refractivity contribution is -0.127. The summed E-state index contributed by atoms with van der Waals surface area (Å²) in [4.78, 5) is 33.0. The normalized spacial score (nSPS) is 21.0. The number of amidine groups is 1. The van der Waals surface area contributed by atoms with Gasteiger partial charge in [-0.2, -0.15) is 0 Å². The number of amides is 3. The van der Waals surface area contributed by atoms with Gasteiger partial charge in [-0.1, -0.05) is 80.9 Å². The molecule has 0 aliphatic carbocycles. The van der Waals surface area contributed by atoms with Crippen LogP contribution in [0, 0.1) is 0 Å². The predicted octanol–water partition coefficient (Wildman–Crippen LogP) is 4.87. The smallest absolute Gasteiger partial charge is 0.325 e. The number of benzene rings is 1. The fourth-order valence-corrected chi connectivity index (χ4v) is 4.99. The summed E-state index contributed by atoms with van der Waals surface area (Å²) in [5.74, 6) is 0.485. The van der Waals surface area contributed by atoms with Crippen LogP contribution in [-0.2, 0) is 10.5 Å². The number of carbonyl (C=O) groups is 2. The summed E-state index contributed by atoms with van der Waals surface area (Å²) in [6.07, 6.45) is 8.04. The molecule has 2 aliphatic rings. The third kappa shape index (κ3) is 5.70. The van der Waals surface area contributed by atoms with E-state index in [1.54, 1.807) is 18.8 Å². The van der Waals surface area contributed by atoms with Gasteiger partial charge < -0.3 is 9.80 Å². The number of carbonyl (C=O) groups excluding carboxylic acids is 2. The molecule has 6 nitrogen and oxygen atoms in total. The van der Waals surface area contributed by atoms with Crippen LogP contribution in [0.1, 0.15) is 57.4 Å². The molecule has 1 aromatic rings. The summed E-state index contributed by atoms with van der Waals surface area (Å²) < 4.78 is 0. The zero-order valence-electron chi connectivity index (χ0n) is 17.8. The highest BCUT2D eigenvalue weighted by Crippen LogP contribution is 2.30. The molecule has 0 aromatic heterocycles. The molecule has 2 aliphatic heterocycles. The topological polar surface area (TPSA) is 65.0 Å². The van der Waals surface area contributed by atoms with Crippen molar-refractivity contribution >= 4 is 40.5 Å². The minimum absolute atomic E-state index is 0.253. The second-order valence-electron chi connectivity index (χ2n) is 7.91. The van der Waals surface area contributed by atoms with E-state index >= 15 is 0 Å². The minimum atomic E-state index is -0.455. The number of nitrogens with one attached hydrogen (secondary N) is 1. The first-order chi connectivity index (χ1) is 14.5. The molecule has 0 saturated carbocycles. The number of nitrogens with zero attached hydrogens (tertiary/aromatic N) is 3. The van der Waals surface area contributed by atoms with Gasteiger partial charge in [0.25, 0.3) is 5.91 Å². The molecule has 164 valence electrons. The average molecular weight is 451 g/mol. The number of likely N-dealkylation sites (N-methyl/N-ethyl adjacent to an activating group) is 1. The monoisotopic (exact) mass is 450 g/mol. The first kappa shape index (κ1) is 22.9. The molecule has 1 saturated heterocycles. The molecular weight excluding hydrogens is 420 g/mol. The number of hydrogen-bond acceptors (Lipinski definition) is 5. The number of fused-ring (bicyclic) bond motifs is 1. The molecule has 3 amide bonds. The minimum Gasteiger partial charge on any atom is -0.336 e. The molecule has 0 spiro atoms. The van der Waals surface area contributed by atoms with E-state index in [9.17, 15) is 9.59 Å². The van der Waals surface area contributed by atoms with E-state index in [1.807, 2.05) is 24.3 Å². The molecule has 2 unspecified atom stereocenters. The second-order valence-corrected chi connectivity index (χ2v) is 9.28. The number of thioether (sulfide) groups is 1. The third-order valence-corrected chi connectivity index (χ3v) is 6.93. The summed E-state index contributed by atoms with van der Waals surface area (Å²) in [6.45, 7) is 3.00. The highest BCUT2D eigenvalue weighted by atomic mass is 35.5. The fraction of sp³-hybridized carbons (Fsp3) is 0.591. The van der Waals surface area contributed by atoms with Crippen molar-refractivity contribution in [2.75, 3.05) is 13.6 Å². The van der Waals surface area contributed by atoms with Crippen molar-refractivity contribution in [1.82, 2.24) is 15.1 Å². The van der Waals surface area contributed by atoms with E-state index in [0.29, 0.717) is 5.02 Å². The molecule has 3 rings (SSSR count). The molecule has 0 bridgehead atoms. The number of unbranched alkanes of at least 4 members (excludes halogenated alkanes) is 6. The van der Waals surface area contributed by atoms with Crippen LogP contribution >= 0.6 is 23.4 Å². The number of rotatable bonds is 10. The Morgan fingerprint density at radius 2 is 1.73 bits per heavy atom. The Labute approximate surface area is 188 Å². The van der Waals surface area contributed by atoms with Gasteiger partial charge in [0.2, 0.25) is 0 Å². The van der Waals surface area contributed by atoms with Crippen LogP contribution < -0.4 is 5.32 Å². The van der Waals surface area contributed by atoms with Gasteiger partial charge in [0.15, 0.2) is 17.4 Å². The van der Waals surface area contributed by atoms with Gasteiger partial charge in [0, 0.05) is 24.4 Å². The van der Waals surface area contributed by atoms with Crippen LogP contribution in [0.3, 0.4) is 0 Å². The Hall–Kier alpha value is -1.73. The zero-order chi connectivity index (χ0) is 21.5. The van der Waals surface area contributed by atoms with Crippen LogP contribution in [0.15, 0.2) is 29.3 Å². The van der Waals surface area contributed by atoms with Gasteiger partial charge in [-0.15, -0.1) is 0 Å². The summed E-state index contributed by atoms with van der Waals surface area (Å²) >= 11 is 7.59. The van der Waals surface area contributed by atoms with Crippen LogP contribution in [0.4, 0.5) is 4.79 Å². The van der Waals surface area contributed by atoms with Crippen molar-refractivity contribution in [3.8, 4) is 0 Å². The quantitative estimate of drug-likeness (QED) is 0.516. The Morgan fingerprint density at radius 1 is 1.07 bits per heavy atom. The second kappa shape index (κ2) is 11.0. The molecule has 2 heterocycles. The highest BCUT2D eigenvalue weighted by molar-refractivity contribution is 8.13. The lowest BCUT2D eigenvalue weighted by Crippen LogP contribution is -2.63. The van der Waals surface area contributed by atoms with E-state index in [1.165, 1.54) is 37.0 Å². The Morgan fingerprint density at radius 3 is 2.43 bits per heavy atom. The molecule has 8 heteroatoms. The molecular formula is C22H31ClN4O2S. The van der Waals surface area contributed by atoms with Gasteiger partial charge in [-0.25, -0.2) is 9.79 Å². The zero-order valence-corrected chi connectivity index (χ0v) is 19.3. The Bertz CT molecular complexity index is 771. The maximum absolute atomic E-state index is 12.6. The largest absolute Gasteiger partial charge is 0.336 e. The summed E-state index contributed by atoms with van der Waals surface area (Å²) in [7, 11) is 1.70. The van der Waals surface area contributed by atoms with Crippen molar-refractivity contribution in [3.05, 3.63) is 34.9 Å². The van der Waals surface area contributed by atoms with Crippen LogP contribution in [0.5, 0.6) is 0 Å². The van der Waals surface area contributed by atoms with Crippen molar-refractivity contribution in [3.63, 3.8) is 0 Å². The van der Waals surface area contributed by atoms with E-state index < -0.39 is 12.2 Å². The number of hydrogen-bond donors (Lipinski definition) is 1. The lowest BCUT2D eigenvalue weighted by Gasteiger charge is -2.36. The molecule has 1 fully saturated rings. The van der Waals surface area contributed by atoms with Gasteiger partial charge >= 0.3 is 6.03 Å². The van der Waals surface area contributed by atoms with Crippen molar-refractivity contribution in [2.24, 2.45) is 4.99 Å². The van der Waals surface area contributed by atoms with Crippen molar-refractivity contribution in [2.45, 2.75) is 69.8 Å². The van der Waals surface area contributed by atoms with Gasteiger partial charge in [-0.05, 0) is 24.1 Å². The highest BCUT2D eigenvalue weighted by Gasteiger charge is 2.48. The van der Waals surface area contributed by atoms with Crippen LogP contribution in [0.25, 0.3) is 0 Å². The molecule has 1 aromatic carbocycles. The maximum atomic E-state index is 12.6. The van der Waals surface area contributed by atoms with Crippen molar-refractivity contribution in [1.29, 1.82) is 0 Å². The maximum Gasteiger partial charge on any atom is 0.325 e. The number of urea groups is 1. The Kier molecular flexibility index (Phi) is 8.45. The van der Waals surface area contributed by atoms with Gasteiger partial charge in [0.1, 0.15) is 0 Å².